The number of para-hydroxylation sites is 2. The molecule has 1 atom stereocenters. The number of halogens is 1. The lowest BCUT2D eigenvalue weighted by atomic mass is 10.0. The SMILES string of the molecule is O=C(CCCc1nc2ccccc2o1)N[C@H]1CCSc2ccc(Cl)cc21. The summed E-state index contributed by atoms with van der Waals surface area (Å²) in [5.74, 6) is 1.75. The van der Waals surface area contributed by atoms with Crippen LogP contribution in [0.15, 0.2) is 51.8 Å². The van der Waals surface area contributed by atoms with Gasteiger partial charge in [0.25, 0.3) is 0 Å². The van der Waals surface area contributed by atoms with E-state index >= 15 is 0 Å². The summed E-state index contributed by atoms with van der Waals surface area (Å²) in [6.07, 6.45) is 2.75. The van der Waals surface area contributed by atoms with Crippen molar-refractivity contribution in [3.05, 3.63) is 58.9 Å². The molecular weight excluding hydrogens is 368 g/mol. The number of rotatable bonds is 5. The molecule has 0 fully saturated rings. The standard InChI is InChI=1S/C20H19ClN2O2S/c21-13-8-9-18-14(12-13)15(10-11-26-18)22-19(24)6-3-7-20-23-16-4-1-2-5-17(16)25-20/h1-2,4-5,8-9,12,15H,3,6-7,10-11H2,(H,22,24)/t15-/m0/s1. The number of fused-ring (bicyclic) bond motifs is 2. The normalized spacial score (nSPS) is 16.4. The highest BCUT2D eigenvalue weighted by Gasteiger charge is 2.22. The Hall–Kier alpha value is -1.98. The van der Waals surface area contributed by atoms with E-state index < -0.39 is 0 Å². The predicted octanol–water partition coefficient (Wildman–Crippen LogP) is 5.16. The van der Waals surface area contributed by atoms with Crippen LogP contribution in [0.5, 0.6) is 0 Å². The number of carbonyl (C=O) groups excluding carboxylic acids is 1. The van der Waals surface area contributed by atoms with E-state index in [1.807, 2.05) is 54.2 Å². The third-order valence-electron chi connectivity index (χ3n) is 4.48. The maximum absolute atomic E-state index is 12.4. The van der Waals surface area contributed by atoms with Crippen LogP contribution in [0.25, 0.3) is 11.1 Å². The smallest absolute Gasteiger partial charge is 0.220 e. The van der Waals surface area contributed by atoms with Crippen LogP contribution >= 0.6 is 23.4 Å². The largest absolute Gasteiger partial charge is 0.441 e. The summed E-state index contributed by atoms with van der Waals surface area (Å²) in [6.45, 7) is 0. The maximum Gasteiger partial charge on any atom is 0.220 e. The zero-order valence-corrected chi connectivity index (χ0v) is 15.8. The molecule has 2 aromatic carbocycles. The molecule has 4 nitrogen and oxygen atoms in total. The van der Waals surface area contributed by atoms with Crippen molar-refractivity contribution in [1.29, 1.82) is 0 Å². The minimum atomic E-state index is 0.0433. The van der Waals surface area contributed by atoms with Gasteiger partial charge < -0.3 is 9.73 Å². The number of hydrogen-bond donors (Lipinski definition) is 1. The van der Waals surface area contributed by atoms with Crippen LogP contribution in [0.1, 0.15) is 36.8 Å². The number of oxazole rings is 1. The highest BCUT2D eigenvalue weighted by atomic mass is 35.5. The van der Waals surface area contributed by atoms with Crippen LogP contribution in [0, 0.1) is 0 Å². The van der Waals surface area contributed by atoms with Gasteiger partial charge in [-0.15, -0.1) is 11.8 Å². The van der Waals surface area contributed by atoms with Crippen LogP contribution in [-0.4, -0.2) is 16.6 Å². The van der Waals surface area contributed by atoms with E-state index in [0.717, 1.165) is 28.8 Å². The molecule has 26 heavy (non-hydrogen) atoms. The minimum Gasteiger partial charge on any atom is -0.441 e. The van der Waals surface area contributed by atoms with Gasteiger partial charge in [0.05, 0.1) is 6.04 Å². The van der Waals surface area contributed by atoms with E-state index in [2.05, 4.69) is 10.3 Å². The molecule has 3 aromatic rings. The van der Waals surface area contributed by atoms with Crippen molar-refractivity contribution < 1.29 is 9.21 Å². The third kappa shape index (κ3) is 3.89. The fourth-order valence-electron chi connectivity index (χ4n) is 3.21. The molecule has 0 spiro atoms. The molecule has 1 amide bonds. The Labute approximate surface area is 161 Å². The number of carbonyl (C=O) groups is 1. The third-order valence-corrected chi connectivity index (χ3v) is 5.84. The first-order valence-electron chi connectivity index (χ1n) is 8.75. The van der Waals surface area contributed by atoms with Crippen molar-refractivity contribution in [1.82, 2.24) is 10.3 Å². The molecule has 0 radical (unpaired) electrons. The number of nitrogens with one attached hydrogen (secondary N) is 1. The monoisotopic (exact) mass is 386 g/mol. The van der Waals surface area contributed by atoms with Crippen molar-refractivity contribution in [3.8, 4) is 0 Å². The zero-order chi connectivity index (χ0) is 17.9. The van der Waals surface area contributed by atoms with Crippen molar-refractivity contribution in [3.63, 3.8) is 0 Å². The fraction of sp³-hybridized carbons (Fsp3) is 0.300. The van der Waals surface area contributed by atoms with E-state index in [0.29, 0.717) is 30.2 Å². The number of thioether (sulfide) groups is 1. The van der Waals surface area contributed by atoms with E-state index in [1.165, 1.54) is 4.90 Å². The molecule has 0 unspecified atom stereocenters. The highest BCUT2D eigenvalue weighted by Crippen LogP contribution is 2.37. The molecule has 6 heteroatoms. The van der Waals surface area contributed by atoms with Crippen LogP contribution in [0.3, 0.4) is 0 Å². The Morgan fingerprint density at radius 1 is 1.31 bits per heavy atom. The predicted molar refractivity (Wildman–Crippen MR) is 105 cm³/mol. The van der Waals surface area contributed by atoms with Crippen molar-refractivity contribution >= 4 is 40.4 Å². The van der Waals surface area contributed by atoms with Crippen LogP contribution in [0.2, 0.25) is 5.02 Å². The van der Waals surface area contributed by atoms with Gasteiger partial charge in [0.15, 0.2) is 11.5 Å². The van der Waals surface area contributed by atoms with Gasteiger partial charge in [-0.05, 0) is 48.7 Å². The first kappa shape index (κ1) is 17.4. The number of amides is 1. The lowest BCUT2D eigenvalue weighted by molar-refractivity contribution is -0.122. The number of nitrogens with zero attached hydrogens (tertiary/aromatic N) is 1. The summed E-state index contributed by atoms with van der Waals surface area (Å²) in [5.41, 5.74) is 2.78. The summed E-state index contributed by atoms with van der Waals surface area (Å²) < 4.78 is 5.70. The lowest BCUT2D eigenvalue weighted by Crippen LogP contribution is -2.30. The quantitative estimate of drug-likeness (QED) is 0.658. The Kier molecular flexibility index (Phi) is 5.18. The van der Waals surface area contributed by atoms with Crippen LogP contribution in [-0.2, 0) is 11.2 Å². The maximum atomic E-state index is 12.4. The van der Waals surface area contributed by atoms with Gasteiger partial charge in [0.2, 0.25) is 5.91 Å². The van der Waals surface area contributed by atoms with E-state index in [4.69, 9.17) is 16.0 Å². The number of aromatic nitrogens is 1. The Balaban J connectivity index is 1.33. The first-order chi connectivity index (χ1) is 12.7. The van der Waals surface area contributed by atoms with E-state index in [-0.39, 0.29) is 11.9 Å². The molecule has 0 bridgehead atoms. The molecule has 2 heterocycles. The molecule has 0 aliphatic carbocycles. The average molecular weight is 387 g/mol. The second kappa shape index (κ2) is 7.72. The topological polar surface area (TPSA) is 55.1 Å². The van der Waals surface area contributed by atoms with Crippen molar-refractivity contribution in [2.24, 2.45) is 0 Å². The van der Waals surface area contributed by atoms with E-state index in [1.54, 1.807) is 0 Å². The van der Waals surface area contributed by atoms with Gasteiger partial charge in [-0.25, -0.2) is 4.98 Å². The van der Waals surface area contributed by atoms with E-state index in [9.17, 15) is 4.79 Å². The lowest BCUT2D eigenvalue weighted by Gasteiger charge is -2.26. The van der Waals surface area contributed by atoms with Crippen LogP contribution < -0.4 is 5.32 Å². The number of hydrogen-bond acceptors (Lipinski definition) is 4. The summed E-state index contributed by atoms with van der Waals surface area (Å²) in [5, 5.41) is 3.86. The van der Waals surface area contributed by atoms with Gasteiger partial charge in [0, 0.05) is 28.5 Å². The Bertz CT molecular complexity index is 907. The molecule has 1 aromatic heterocycles. The molecule has 1 N–H and O–H groups in total. The van der Waals surface area contributed by atoms with Gasteiger partial charge >= 0.3 is 0 Å². The Morgan fingerprint density at radius 2 is 2.19 bits per heavy atom. The zero-order valence-electron chi connectivity index (χ0n) is 14.2. The second-order valence-corrected chi connectivity index (χ2v) is 7.94. The fourth-order valence-corrected chi connectivity index (χ4v) is 4.49. The Morgan fingerprint density at radius 3 is 3.08 bits per heavy atom. The van der Waals surface area contributed by atoms with Crippen LogP contribution in [0.4, 0.5) is 0 Å². The van der Waals surface area contributed by atoms with Crippen molar-refractivity contribution in [2.45, 2.75) is 36.6 Å². The number of benzene rings is 2. The molecule has 134 valence electrons. The average Bonchev–Trinajstić information content (AvgIpc) is 3.05. The molecule has 1 aliphatic rings. The van der Waals surface area contributed by atoms with Gasteiger partial charge in [-0.3, -0.25) is 4.79 Å². The minimum absolute atomic E-state index is 0.0433. The van der Waals surface area contributed by atoms with Gasteiger partial charge in [-0.1, -0.05) is 23.7 Å². The highest BCUT2D eigenvalue weighted by molar-refractivity contribution is 7.99. The summed E-state index contributed by atoms with van der Waals surface area (Å²) >= 11 is 7.94. The molecule has 0 saturated heterocycles. The van der Waals surface area contributed by atoms with Gasteiger partial charge in [-0.2, -0.15) is 0 Å². The second-order valence-electron chi connectivity index (χ2n) is 6.37. The molecule has 1 aliphatic heterocycles. The molecule has 4 rings (SSSR count). The van der Waals surface area contributed by atoms with Gasteiger partial charge in [0.1, 0.15) is 5.52 Å². The van der Waals surface area contributed by atoms with Crippen molar-refractivity contribution in [2.75, 3.05) is 5.75 Å². The summed E-state index contributed by atoms with van der Waals surface area (Å²) in [4.78, 5) is 18.0. The molecular formula is C20H19ClN2O2S. The number of aryl methyl sites for hydroxylation is 1. The molecule has 0 saturated carbocycles. The first-order valence-corrected chi connectivity index (χ1v) is 10.1. The summed E-state index contributed by atoms with van der Waals surface area (Å²) in [7, 11) is 0. The summed E-state index contributed by atoms with van der Waals surface area (Å²) in [6, 6.07) is 13.6.